The highest BCUT2D eigenvalue weighted by Crippen LogP contribution is 2.39. The minimum Gasteiger partial charge on any atom is -0.493 e. The van der Waals surface area contributed by atoms with Crippen LogP contribution in [0.5, 0.6) is 11.5 Å². The Morgan fingerprint density at radius 1 is 1.03 bits per heavy atom. The van der Waals surface area contributed by atoms with E-state index in [2.05, 4.69) is 40.2 Å². The van der Waals surface area contributed by atoms with Gasteiger partial charge in [0.1, 0.15) is 6.61 Å². The summed E-state index contributed by atoms with van der Waals surface area (Å²) in [6, 6.07) is 25.3. The molecular formula is C28H19BrClNO3S2. The van der Waals surface area contributed by atoms with Crippen LogP contribution in [0.2, 0.25) is 5.02 Å². The van der Waals surface area contributed by atoms with Crippen LogP contribution in [0.15, 0.2) is 88.2 Å². The molecule has 1 saturated heterocycles. The number of methoxy groups -OCH3 is 1. The number of hydrogen-bond donors (Lipinski definition) is 0. The van der Waals surface area contributed by atoms with Crippen molar-refractivity contribution in [2.45, 2.75) is 6.61 Å². The van der Waals surface area contributed by atoms with Gasteiger partial charge in [-0.15, -0.1) is 0 Å². The van der Waals surface area contributed by atoms with Gasteiger partial charge in [-0.3, -0.25) is 9.69 Å². The average molecular weight is 597 g/mol. The fourth-order valence-corrected chi connectivity index (χ4v) is 5.65. The Morgan fingerprint density at radius 3 is 2.64 bits per heavy atom. The number of amides is 1. The molecule has 4 nitrogen and oxygen atoms in total. The molecule has 1 fully saturated rings. The summed E-state index contributed by atoms with van der Waals surface area (Å²) in [4.78, 5) is 15.2. The highest BCUT2D eigenvalue weighted by molar-refractivity contribution is 9.10. The first kappa shape index (κ1) is 24.8. The summed E-state index contributed by atoms with van der Waals surface area (Å²) in [6.07, 6.45) is 1.80. The standard InChI is InChI=1S/C28H19BrClNO3S2/c1-33-25-13-17(9-12-24(25)34-16-19-7-4-6-18-5-2-3-8-21(18)19)14-26-27(32)31(28(35)36-26)20-10-11-22(29)23(30)15-20/h2-15H,16H2,1H3. The van der Waals surface area contributed by atoms with Crippen molar-refractivity contribution in [2.75, 3.05) is 12.0 Å². The van der Waals surface area contributed by atoms with Crippen LogP contribution in [0.3, 0.4) is 0 Å². The Morgan fingerprint density at radius 2 is 1.83 bits per heavy atom. The van der Waals surface area contributed by atoms with Crippen molar-refractivity contribution >= 4 is 84.3 Å². The van der Waals surface area contributed by atoms with Crippen LogP contribution in [0, 0.1) is 0 Å². The van der Waals surface area contributed by atoms with Gasteiger partial charge in [0.25, 0.3) is 5.91 Å². The van der Waals surface area contributed by atoms with E-state index in [1.165, 1.54) is 22.0 Å². The van der Waals surface area contributed by atoms with Gasteiger partial charge in [-0.05, 0) is 74.2 Å². The third-order valence-corrected chi connectivity index (χ3v) is 8.24. The van der Waals surface area contributed by atoms with Gasteiger partial charge in [0.15, 0.2) is 15.8 Å². The maximum atomic E-state index is 13.1. The number of rotatable bonds is 6. The minimum atomic E-state index is -0.196. The number of nitrogens with zero attached hydrogens (tertiary/aromatic N) is 1. The summed E-state index contributed by atoms with van der Waals surface area (Å²) in [5.74, 6) is 1.01. The lowest BCUT2D eigenvalue weighted by Crippen LogP contribution is -2.27. The summed E-state index contributed by atoms with van der Waals surface area (Å²) in [6.45, 7) is 0.408. The van der Waals surface area contributed by atoms with E-state index >= 15 is 0 Å². The molecule has 8 heteroatoms. The average Bonchev–Trinajstić information content (AvgIpc) is 3.17. The molecule has 1 amide bonds. The second-order valence-corrected chi connectivity index (χ2v) is 10.9. The molecule has 180 valence electrons. The van der Waals surface area contributed by atoms with E-state index in [0.29, 0.717) is 38.0 Å². The molecule has 36 heavy (non-hydrogen) atoms. The Bertz CT molecular complexity index is 1530. The predicted molar refractivity (Wildman–Crippen MR) is 156 cm³/mol. The number of hydrogen-bond acceptors (Lipinski definition) is 5. The molecule has 0 N–H and O–H groups in total. The molecule has 1 aliphatic heterocycles. The smallest absolute Gasteiger partial charge is 0.270 e. The number of thiocarbonyl (C=S) groups is 1. The van der Waals surface area contributed by atoms with Crippen LogP contribution in [0.25, 0.3) is 16.8 Å². The van der Waals surface area contributed by atoms with Crippen LogP contribution < -0.4 is 14.4 Å². The van der Waals surface area contributed by atoms with E-state index in [9.17, 15) is 4.79 Å². The molecule has 0 aromatic heterocycles. The number of carbonyl (C=O) groups is 1. The normalized spacial score (nSPS) is 14.6. The molecule has 5 rings (SSSR count). The van der Waals surface area contributed by atoms with Gasteiger partial charge < -0.3 is 9.47 Å². The molecule has 1 aliphatic rings. The molecule has 4 aromatic carbocycles. The second kappa shape index (κ2) is 10.6. The molecule has 0 saturated carbocycles. The van der Waals surface area contributed by atoms with Crippen LogP contribution in [0.4, 0.5) is 5.69 Å². The van der Waals surface area contributed by atoms with Gasteiger partial charge in [-0.25, -0.2) is 0 Å². The summed E-state index contributed by atoms with van der Waals surface area (Å²) in [5.41, 5.74) is 2.53. The Balaban J connectivity index is 1.36. The van der Waals surface area contributed by atoms with Gasteiger partial charge in [-0.2, -0.15) is 0 Å². The highest BCUT2D eigenvalue weighted by Gasteiger charge is 2.33. The largest absolute Gasteiger partial charge is 0.493 e. The first-order valence-electron chi connectivity index (χ1n) is 10.9. The van der Waals surface area contributed by atoms with Gasteiger partial charge in [-0.1, -0.05) is 84.1 Å². The van der Waals surface area contributed by atoms with Gasteiger partial charge in [0, 0.05) is 4.47 Å². The fourth-order valence-electron chi connectivity index (χ4n) is 3.93. The van der Waals surface area contributed by atoms with Crippen molar-refractivity contribution in [1.82, 2.24) is 0 Å². The number of ether oxygens (including phenoxy) is 2. The van der Waals surface area contributed by atoms with Crippen molar-refractivity contribution in [3.8, 4) is 11.5 Å². The predicted octanol–water partition coefficient (Wildman–Crippen LogP) is 8.25. The Labute approximate surface area is 232 Å². The van der Waals surface area contributed by atoms with E-state index in [4.69, 9.17) is 33.3 Å². The number of fused-ring (bicyclic) bond motifs is 1. The van der Waals surface area contributed by atoms with E-state index in [1.54, 1.807) is 31.4 Å². The monoisotopic (exact) mass is 595 g/mol. The van der Waals surface area contributed by atoms with Gasteiger partial charge in [0.2, 0.25) is 0 Å². The number of benzene rings is 4. The summed E-state index contributed by atoms with van der Waals surface area (Å²) in [7, 11) is 1.60. The third-order valence-electron chi connectivity index (χ3n) is 5.70. The number of thioether (sulfide) groups is 1. The zero-order chi connectivity index (χ0) is 25.2. The molecule has 0 bridgehead atoms. The molecule has 0 unspecified atom stereocenters. The molecular weight excluding hydrogens is 578 g/mol. The van der Waals surface area contributed by atoms with Gasteiger partial charge in [0.05, 0.1) is 22.7 Å². The summed E-state index contributed by atoms with van der Waals surface area (Å²) in [5, 5.41) is 2.84. The lowest BCUT2D eigenvalue weighted by Gasteiger charge is -2.15. The lowest BCUT2D eigenvalue weighted by atomic mass is 10.1. The van der Waals surface area contributed by atoms with E-state index < -0.39 is 0 Å². The highest BCUT2D eigenvalue weighted by atomic mass is 79.9. The topological polar surface area (TPSA) is 38.8 Å². The van der Waals surface area contributed by atoms with Crippen molar-refractivity contribution in [3.63, 3.8) is 0 Å². The van der Waals surface area contributed by atoms with Crippen LogP contribution in [-0.4, -0.2) is 17.3 Å². The van der Waals surface area contributed by atoms with Crippen molar-refractivity contribution in [1.29, 1.82) is 0 Å². The quantitative estimate of drug-likeness (QED) is 0.166. The van der Waals surface area contributed by atoms with Crippen molar-refractivity contribution in [3.05, 3.63) is 104 Å². The van der Waals surface area contributed by atoms with Crippen molar-refractivity contribution in [2.24, 2.45) is 0 Å². The fraction of sp³-hybridized carbons (Fsp3) is 0.0714. The van der Waals surface area contributed by atoms with Gasteiger partial charge >= 0.3 is 0 Å². The minimum absolute atomic E-state index is 0.196. The SMILES string of the molecule is COc1cc(C=C2SC(=S)N(c3ccc(Br)c(Cl)c3)C2=O)ccc1OCc1cccc2ccccc12. The number of carbonyl (C=O) groups excluding carboxylic acids is 1. The summed E-state index contributed by atoms with van der Waals surface area (Å²) < 4.78 is 12.9. The first-order valence-corrected chi connectivity index (χ1v) is 13.3. The lowest BCUT2D eigenvalue weighted by molar-refractivity contribution is -0.113. The Hall–Kier alpha value is -2.84. The first-order chi connectivity index (χ1) is 17.4. The maximum absolute atomic E-state index is 13.1. The second-order valence-electron chi connectivity index (χ2n) is 7.95. The molecule has 0 spiro atoms. The van der Waals surface area contributed by atoms with Crippen LogP contribution in [-0.2, 0) is 11.4 Å². The third kappa shape index (κ3) is 5.02. The van der Waals surface area contributed by atoms with Crippen LogP contribution in [0.1, 0.15) is 11.1 Å². The van der Waals surface area contributed by atoms with E-state index in [-0.39, 0.29) is 5.91 Å². The molecule has 4 aromatic rings. The number of halogens is 2. The molecule has 0 atom stereocenters. The molecule has 0 radical (unpaired) electrons. The van der Waals surface area contributed by atoms with E-state index in [1.807, 2.05) is 36.4 Å². The summed E-state index contributed by atoms with van der Waals surface area (Å²) >= 11 is 16.3. The zero-order valence-electron chi connectivity index (χ0n) is 19.0. The zero-order valence-corrected chi connectivity index (χ0v) is 23.0. The molecule has 0 aliphatic carbocycles. The Kier molecular flexibility index (Phi) is 7.34. The maximum Gasteiger partial charge on any atom is 0.270 e. The van der Waals surface area contributed by atoms with Crippen molar-refractivity contribution < 1.29 is 14.3 Å². The molecule has 1 heterocycles. The van der Waals surface area contributed by atoms with Crippen LogP contribution >= 0.6 is 51.5 Å². The number of anilines is 1. The van der Waals surface area contributed by atoms with E-state index in [0.717, 1.165) is 21.0 Å².